The molecule has 3 fully saturated rings. The van der Waals surface area contributed by atoms with Crippen LogP contribution in [0.1, 0.15) is 29.6 Å². The first-order chi connectivity index (χ1) is 15.6. The normalized spacial score (nSPS) is 23.4. The number of Topliss-reactive ketones (excluding diaryl/α,β-unsaturated/α-hetero) is 1. The van der Waals surface area contributed by atoms with Crippen LogP contribution in [0.5, 0.6) is 5.75 Å². The second-order valence-electron chi connectivity index (χ2n) is 8.41. The number of hydrogen-bond donors (Lipinski definition) is 0. The summed E-state index contributed by atoms with van der Waals surface area (Å²) in [4.78, 5) is 45.6. The van der Waals surface area contributed by atoms with Gasteiger partial charge >= 0.3 is 6.09 Å². The van der Waals surface area contributed by atoms with Crippen molar-refractivity contribution < 1.29 is 28.7 Å². The molecule has 0 bridgehead atoms. The van der Waals surface area contributed by atoms with E-state index in [0.717, 1.165) is 11.5 Å². The first-order valence-electron chi connectivity index (χ1n) is 10.8. The van der Waals surface area contributed by atoms with Gasteiger partial charge in [-0.15, -0.1) is 0 Å². The van der Waals surface area contributed by atoms with Crippen LogP contribution in [-0.2, 0) is 14.4 Å². The molecule has 2 amide bonds. The molecule has 0 N–H and O–H groups in total. The van der Waals surface area contributed by atoms with Crippen molar-refractivity contribution in [3.8, 4) is 5.75 Å². The Balaban J connectivity index is 1.25. The molecule has 166 valence electrons. The first-order valence-corrected chi connectivity index (χ1v) is 10.8. The van der Waals surface area contributed by atoms with Crippen LogP contribution in [0.2, 0.25) is 0 Å². The molecule has 2 atom stereocenters. The lowest BCUT2D eigenvalue weighted by Crippen LogP contribution is -2.51. The summed E-state index contributed by atoms with van der Waals surface area (Å²) in [6.45, 7) is 0.243. The molecule has 32 heavy (non-hydrogen) atoms. The van der Waals surface area contributed by atoms with Gasteiger partial charge in [-0.3, -0.25) is 14.4 Å². The minimum absolute atomic E-state index is 0.0571. The number of nitrogens with zero attached hydrogens (tertiary/aromatic N) is 2. The molecule has 2 aliphatic heterocycles. The van der Waals surface area contributed by atoms with Gasteiger partial charge in [-0.25, -0.2) is 4.79 Å². The number of hydroxylamine groups is 2. The molecule has 1 saturated carbocycles. The molecular weight excluding hydrogens is 412 g/mol. The Morgan fingerprint density at radius 2 is 1.72 bits per heavy atom. The van der Waals surface area contributed by atoms with Gasteiger partial charge in [0.25, 0.3) is 5.91 Å². The number of likely N-dealkylation sites (tertiary alicyclic amines) is 1. The Hall–Kier alpha value is -3.39. The number of carbonyl (C=O) groups excluding carboxylic acids is 3. The monoisotopic (exact) mass is 436 g/mol. The van der Waals surface area contributed by atoms with E-state index in [4.69, 9.17) is 14.3 Å². The molecule has 0 spiro atoms. The summed E-state index contributed by atoms with van der Waals surface area (Å²) in [5, 5.41) is 1.01. The van der Waals surface area contributed by atoms with Gasteiger partial charge in [0, 0.05) is 5.56 Å². The fraction of sp³-hybridized carbons (Fsp3) is 0.375. The standard InChI is InChI=1S/C24H24N2O6/c27-20-14-25(22(28)17-8-3-1-4-9-17)19-15-31-26(21(19)20)23(29)32-24(12-7-13-24)16-30-18-10-5-2-6-11-18/h1-6,8-11,19,21H,7,12-16H2. The van der Waals surface area contributed by atoms with E-state index in [1.165, 1.54) is 4.90 Å². The van der Waals surface area contributed by atoms with Crippen molar-refractivity contribution in [2.45, 2.75) is 36.9 Å². The highest BCUT2D eigenvalue weighted by molar-refractivity contribution is 6.01. The predicted molar refractivity (Wildman–Crippen MR) is 113 cm³/mol. The van der Waals surface area contributed by atoms with Crippen molar-refractivity contribution in [1.82, 2.24) is 9.96 Å². The zero-order valence-electron chi connectivity index (χ0n) is 17.5. The summed E-state index contributed by atoms with van der Waals surface area (Å²) >= 11 is 0. The summed E-state index contributed by atoms with van der Waals surface area (Å²) < 4.78 is 11.6. The minimum Gasteiger partial charge on any atom is -0.489 e. The van der Waals surface area contributed by atoms with E-state index in [0.29, 0.717) is 24.2 Å². The first kappa shape index (κ1) is 20.5. The van der Waals surface area contributed by atoms with E-state index in [1.54, 1.807) is 24.3 Å². The number of fused-ring (bicyclic) bond motifs is 1. The van der Waals surface area contributed by atoms with E-state index in [1.807, 2.05) is 36.4 Å². The third-order valence-electron chi connectivity index (χ3n) is 6.33. The molecule has 0 aromatic heterocycles. The van der Waals surface area contributed by atoms with Crippen molar-refractivity contribution >= 4 is 17.8 Å². The van der Waals surface area contributed by atoms with Crippen LogP contribution in [0.3, 0.4) is 0 Å². The Morgan fingerprint density at radius 1 is 1.03 bits per heavy atom. The lowest BCUT2D eigenvalue weighted by Gasteiger charge is -2.41. The predicted octanol–water partition coefficient (Wildman–Crippen LogP) is 2.83. The summed E-state index contributed by atoms with van der Waals surface area (Å²) in [5.41, 5.74) is -0.247. The Kier molecular flexibility index (Phi) is 5.30. The quantitative estimate of drug-likeness (QED) is 0.717. The Bertz CT molecular complexity index is 1010. The van der Waals surface area contributed by atoms with Gasteiger partial charge in [0.05, 0.1) is 19.2 Å². The fourth-order valence-corrected chi connectivity index (χ4v) is 4.41. The maximum Gasteiger partial charge on any atom is 0.435 e. The molecule has 2 heterocycles. The van der Waals surface area contributed by atoms with Gasteiger partial charge in [-0.1, -0.05) is 36.4 Å². The number of ketones is 1. The van der Waals surface area contributed by atoms with Crippen LogP contribution in [0, 0.1) is 0 Å². The van der Waals surface area contributed by atoms with Crippen molar-refractivity contribution in [2.75, 3.05) is 19.8 Å². The van der Waals surface area contributed by atoms with Crippen LogP contribution in [-0.4, -0.2) is 65.2 Å². The maximum atomic E-state index is 13.0. The van der Waals surface area contributed by atoms with Gasteiger partial charge in [0.1, 0.15) is 24.0 Å². The van der Waals surface area contributed by atoms with Crippen LogP contribution in [0.15, 0.2) is 60.7 Å². The highest BCUT2D eigenvalue weighted by Crippen LogP contribution is 2.38. The third kappa shape index (κ3) is 3.71. The zero-order chi connectivity index (χ0) is 22.1. The molecular formula is C24H24N2O6. The highest BCUT2D eigenvalue weighted by atomic mass is 16.7. The van der Waals surface area contributed by atoms with Gasteiger partial charge in [-0.05, 0) is 43.5 Å². The average Bonchev–Trinajstić information content (AvgIpc) is 3.38. The van der Waals surface area contributed by atoms with E-state index in [-0.39, 0.29) is 31.4 Å². The molecule has 8 heteroatoms. The largest absolute Gasteiger partial charge is 0.489 e. The highest BCUT2D eigenvalue weighted by Gasteiger charge is 2.55. The number of hydrogen-bond acceptors (Lipinski definition) is 6. The Labute approximate surface area is 185 Å². The van der Waals surface area contributed by atoms with Crippen LogP contribution >= 0.6 is 0 Å². The van der Waals surface area contributed by atoms with E-state index in [9.17, 15) is 14.4 Å². The van der Waals surface area contributed by atoms with Crippen LogP contribution in [0.4, 0.5) is 4.79 Å². The minimum atomic E-state index is -0.859. The smallest absolute Gasteiger partial charge is 0.435 e. The summed E-state index contributed by atoms with van der Waals surface area (Å²) in [6, 6.07) is 16.7. The summed E-state index contributed by atoms with van der Waals surface area (Å²) in [5.74, 6) is 0.210. The van der Waals surface area contributed by atoms with Gasteiger partial charge in [-0.2, -0.15) is 5.06 Å². The van der Waals surface area contributed by atoms with Crippen molar-refractivity contribution in [3.63, 3.8) is 0 Å². The van der Waals surface area contributed by atoms with Crippen LogP contribution < -0.4 is 4.74 Å². The number of rotatable bonds is 5. The van der Waals surface area contributed by atoms with Crippen molar-refractivity contribution in [2.24, 2.45) is 0 Å². The molecule has 2 aromatic carbocycles. The molecule has 0 radical (unpaired) electrons. The molecule has 5 rings (SSSR count). The van der Waals surface area contributed by atoms with Gasteiger partial charge < -0.3 is 14.4 Å². The van der Waals surface area contributed by atoms with E-state index >= 15 is 0 Å². The maximum absolute atomic E-state index is 13.0. The van der Waals surface area contributed by atoms with Gasteiger partial charge in [0.15, 0.2) is 5.78 Å². The lowest BCUT2D eigenvalue weighted by atomic mass is 9.80. The van der Waals surface area contributed by atoms with Crippen LogP contribution in [0.25, 0.3) is 0 Å². The number of para-hydroxylation sites is 1. The van der Waals surface area contributed by atoms with Gasteiger partial charge in [0.2, 0.25) is 0 Å². The zero-order valence-corrected chi connectivity index (χ0v) is 17.5. The fourth-order valence-electron chi connectivity index (χ4n) is 4.41. The van der Waals surface area contributed by atoms with Crippen molar-refractivity contribution in [1.29, 1.82) is 0 Å². The molecule has 2 aromatic rings. The van der Waals surface area contributed by atoms with Crippen molar-refractivity contribution in [3.05, 3.63) is 66.2 Å². The molecule has 8 nitrogen and oxygen atoms in total. The second kappa shape index (κ2) is 8.27. The molecule has 2 saturated heterocycles. The van der Waals surface area contributed by atoms with E-state index in [2.05, 4.69) is 0 Å². The third-order valence-corrected chi connectivity index (χ3v) is 6.33. The number of amides is 2. The topological polar surface area (TPSA) is 85.4 Å². The number of benzene rings is 2. The second-order valence-corrected chi connectivity index (χ2v) is 8.41. The molecule has 3 aliphatic rings. The Morgan fingerprint density at radius 3 is 2.38 bits per heavy atom. The van der Waals surface area contributed by atoms with E-state index < -0.39 is 23.8 Å². The molecule has 1 aliphatic carbocycles. The average molecular weight is 436 g/mol. The lowest BCUT2D eigenvalue weighted by molar-refractivity contribution is -0.159. The SMILES string of the molecule is O=C1CN(C(=O)c2ccccc2)C2CON(C(=O)OC3(COc4ccccc4)CCC3)C12. The number of ether oxygens (including phenoxy) is 2. The summed E-state index contributed by atoms with van der Waals surface area (Å²) in [6.07, 6.45) is 1.58. The number of carbonyl (C=O) groups is 3. The molecule has 2 unspecified atom stereocenters. The summed E-state index contributed by atoms with van der Waals surface area (Å²) in [7, 11) is 0.